The lowest BCUT2D eigenvalue weighted by atomic mass is 10.3. The Morgan fingerprint density at radius 2 is 2.24 bits per heavy atom. The molecule has 0 aliphatic rings. The third-order valence-corrected chi connectivity index (χ3v) is 2.99. The zero-order valence-corrected chi connectivity index (χ0v) is 12.3. The molecule has 0 unspecified atom stereocenters. The molecule has 0 radical (unpaired) electrons. The second-order valence-electron chi connectivity index (χ2n) is 4.25. The summed E-state index contributed by atoms with van der Waals surface area (Å²) in [6, 6.07) is 9.12. The first-order valence-electron chi connectivity index (χ1n) is 6.41. The van der Waals surface area contributed by atoms with E-state index in [1.54, 1.807) is 19.3 Å². The number of carbonyl (C=O) groups is 1. The monoisotopic (exact) mass is 305 g/mol. The van der Waals surface area contributed by atoms with Crippen LogP contribution < -0.4 is 16.1 Å². The van der Waals surface area contributed by atoms with E-state index in [4.69, 9.17) is 11.6 Å². The van der Waals surface area contributed by atoms with Gasteiger partial charge in [-0.2, -0.15) is 0 Å². The van der Waals surface area contributed by atoms with E-state index in [1.807, 2.05) is 35.0 Å². The number of hydrogen-bond donors (Lipinski definition) is 2. The van der Waals surface area contributed by atoms with E-state index in [0.29, 0.717) is 11.7 Å². The van der Waals surface area contributed by atoms with Gasteiger partial charge in [0, 0.05) is 19.4 Å². The molecule has 0 aliphatic carbocycles. The van der Waals surface area contributed by atoms with Crippen LogP contribution in [0.1, 0.15) is 5.56 Å². The van der Waals surface area contributed by atoms with Gasteiger partial charge in [-0.1, -0.05) is 23.7 Å². The number of pyridine rings is 2. The zero-order chi connectivity index (χ0) is 15.1. The molecule has 7 heteroatoms. The van der Waals surface area contributed by atoms with Gasteiger partial charge in [0.1, 0.15) is 17.3 Å². The summed E-state index contributed by atoms with van der Waals surface area (Å²) in [7, 11) is 1.56. The summed E-state index contributed by atoms with van der Waals surface area (Å²) in [5, 5.41) is 5.56. The smallest absolute Gasteiger partial charge is 0.315 e. The number of nitrogens with one attached hydrogen (secondary N) is 2. The van der Waals surface area contributed by atoms with Crippen LogP contribution in [-0.4, -0.2) is 29.3 Å². The molecular weight excluding hydrogens is 290 g/mol. The first-order chi connectivity index (χ1) is 10.2. The van der Waals surface area contributed by atoms with E-state index in [9.17, 15) is 4.79 Å². The topological polar surface area (TPSA) is 71.3 Å². The maximum absolute atomic E-state index is 11.1. The SMILES string of the molecule is CNC(=O)NC/N=c1\ccccn1Cc1ccc(Cl)nc1. The van der Waals surface area contributed by atoms with Crippen molar-refractivity contribution < 1.29 is 4.79 Å². The number of halogens is 1. The number of urea groups is 1. The fraction of sp³-hybridized carbons (Fsp3) is 0.214. The van der Waals surface area contributed by atoms with Crippen LogP contribution in [0.3, 0.4) is 0 Å². The molecule has 0 bridgehead atoms. The van der Waals surface area contributed by atoms with Crippen molar-refractivity contribution in [3.63, 3.8) is 0 Å². The highest BCUT2D eigenvalue weighted by molar-refractivity contribution is 6.29. The normalized spacial score (nSPS) is 11.2. The lowest BCUT2D eigenvalue weighted by Gasteiger charge is -2.07. The molecule has 0 spiro atoms. The summed E-state index contributed by atoms with van der Waals surface area (Å²) in [5.74, 6) is 0. The summed E-state index contributed by atoms with van der Waals surface area (Å²) in [5.41, 5.74) is 1.79. The molecule has 0 saturated carbocycles. The van der Waals surface area contributed by atoms with Crippen molar-refractivity contribution in [2.24, 2.45) is 4.99 Å². The average molecular weight is 306 g/mol. The third-order valence-electron chi connectivity index (χ3n) is 2.77. The summed E-state index contributed by atoms with van der Waals surface area (Å²) >= 11 is 5.78. The molecule has 0 saturated heterocycles. The number of hydrogen-bond acceptors (Lipinski definition) is 3. The Balaban J connectivity index is 2.14. The van der Waals surface area contributed by atoms with E-state index < -0.39 is 0 Å². The van der Waals surface area contributed by atoms with Crippen molar-refractivity contribution >= 4 is 17.6 Å². The maximum Gasteiger partial charge on any atom is 0.315 e. The highest BCUT2D eigenvalue weighted by Gasteiger charge is 1.98. The van der Waals surface area contributed by atoms with Crippen molar-refractivity contribution in [2.45, 2.75) is 6.54 Å². The van der Waals surface area contributed by atoms with Crippen LogP contribution in [0.25, 0.3) is 0 Å². The highest BCUT2D eigenvalue weighted by atomic mass is 35.5. The Hall–Kier alpha value is -2.34. The number of rotatable bonds is 4. The Morgan fingerprint density at radius 3 is 2.95 bits per heavy atom. The molecule has 0 aromatic carbocycles. The van der Waals surface area contributed by atoms with Crippen molar-refractivity contribution in [1.82, 2.24) is 20.2 Å². The van der Waals surface area contributed by atoms with E-state index in [1.165, 1.54) is 0 Å². The molecule has 2 aromatic heterocycles. The zero-order valence-electron chi connectivity index (χ0n) is 11.6. The van der Waals surface area contributed by atoms with Crippen LogP contribution in [0.2, 0.25) is 5.15 Å². The minimum atomic E-state index is -0.261. The molecule has 2 amide bonds. The molecule has 2 aromatic rings. The molecule has 2 N–H and O–H groups in total. The Morgan fingerprint density at radius 1 is 1.38 bits per heavy atom. The van der Waals surface area contributed by atoms with Crippen LogP contribution >= 0.6 is 11.6 Å². The first-order valence-corrected chi connectivity index (χ1v) is 6.79. The first kappa shape index (κ1) is 15.1. The standard InChI is InChI=1S/C14H16ClN5O/c1-16-14(21)19-10-18-13-4-2-3-7-20(13)9-11-5-6-12(15)17-8-11/h2-8H,9-10H2,1H3,(H2,16,19,21)/b18-13+. The van der Waals surface area contributed by atoms with E-state index in [0.717, 1.165) is 11.1 Å². The second-order valence-corrected chi connectivity index (χ2v) is 4.64. The summed E-state index contributed by atoms with van der Waals surface area (Å²) in [6.45, 7) is 0.840. The van der Waals surface area contributed by atoms with Gasteiger partial charge in [0.05, 0.1) is 6.54 Å². The summed E-state index contributed by atoms with van der Waals surface area (Å²) in [6.07, 6.45) is 3.65. The lowest BCUT2D eigenvalue weighted by Crippen LogP contribution is -2.34. The van der Waals surface area contributed by atoms with Crippen LogP contribution in [0.4, 0.5) is 4.79 Å². The lowest BCUT2D eigenvalue weighted by molar-refractivity contribution is 0.243. The predicted molar refractivity (Wildman–Crippen MR) is 80.8 cm³/mol. The van der Waals surface area contributed by atoms with E-state index in [-0.39, 0.29) is 12.7 Å². The van der Waals surface area contributed by atoms with Crippen molar-refractivity contribution in [2.75, 3.05) is 13.7 Å². The molecular formula is C14H16ClN5O. The van der Waals surface area contributed by atoms with Gasteiger partial charge in [-0.3, -0.25) is 0 Å². The Bertz CT molecular complexity index is 666. The van der Waals surface area contributed by atoms with Crippen molar-refractivity contribution in [3.05, 3.63) is 58.9 Å². The van der Waals surface area contributed by atoms with Gasteiger partial charge >= 0.3 is 6.03 Å². The summed E-state index contributed by atoms with van der Waals surface area (Å²) in [4.78, 5) is 19.5. The van der Waals surface area contributed by atoms with Gasteiger partial charge in [0.15, 0.2) is 0 Å². The van der Waals surface area contributed by atoms with Crippen molar-refractivity contribution in [1.29, 1.82) is 0 Å². The van der Waals surface area contributed by atoms with Gasteiger partial charge in [-0.15, -0.1) is 0 Å². The van der Waals surface area contributed by atoms with Gasteiger partial charge in [-0.05, 0) is 23.8 Å². The molecule has 21 heavy (non-hydrogen) atoms. The van der Waals surface area contributed by atoms with Crippen LogP contribution in [0.15, 0.2) is 47.7 Å². The van der Waals surface area contributed by atoms with Gasteiger partial charge < -0.3 is 15.2 Å². The number of carbonyl (C=O) groups excluding carboxylic acids is 1. The molecule has 0 fully saturated rings. The number of amides is 2. The Kier molecular flexibility index (Phi) is 5.34. The van der Waals surface area contributed by atoms with Gasteiger partial charge in [0.2, 0.25) is 0 Å². The van der Waals surface area contributed by atoms with Crippen LogP contribution in [-0.2, 0) is 6.54 Å². The van der Waals surface area contributed by atoms with Crippen LogP contribution in [0.5, 0.6) is 0 Å². The molecule has 110 valence electrons. The average Bonchev–Trinajstić information content (AvgIpc) is 2.51. The fourth-order valence-corrected chi connectivity index (χ4v) is 1.83. The largest absolute Gasteiger partial charge is 0.341 e. The minimum absolute atomic E-state index is 0.211. The molecule has 2 heterocycles. The maximum atomic E-state index is 11.1. The van der Waals surface area contributed by atoms with Crippen LogP contribution in [0, 0.1) is 0 Å². The third kappa shape index (κ3) is 4.61. The minimum Gasteiger partial charge on any atom is -0.341 e. The van der Waals surface area contributed by atoms with E-state index >= 15 is 0 Å². The molecule has 0 atom stereocenters. The number of aromatic nitrogens is 2. The van der Waals surface area contributed by atoms with Gasteiger partial charge in [0.25, 0.3) is 0 Å². The van der Waals surface area contributed by atoms with Crippen molar-refractivity contribution in [3.8, 4) is 0 Å². The highest BCUT2D eigenvalue weighted by Crippen LogP contribution is 2.05. The predicted octanol–water partition coefficient (Wildman–Crippen LogP) is 1.37. The van der Waals surface area contributed by atoms with Gasteiger partial charge in [-0.25, -0.2) is 14.8 Å². The summed E-state index contributed by atoms with van der Waals surface area (Å²) < 4.78 is 1.97. The molecule has 2 rings (SSSR count). The Labute approximate surface area is 127 Å². The second kappa shape index (κ2) is 7.44. The number of nitrogens with zero attached hydrogens (tertiary/aromatic N) is 3. The molecule has 0 aliphatic heterocycles. The van der Waals surface area contributed by atoms with E-state index in [2.05, 4.69) is 20.6 Å². The fourth-order valence-electron chi connectivity index (χ4n) is 1.72. The molecule has 6 nitrogen and oxygen atoms in total. The quantitative estimate of drug-likeness (QED) is 0.838.